The zero-order chi connectivity index (χ0) is 21.1. The van der Waals surface area contributed by atoms with Crippen LogP contribution in [0, 0.1) is 46.3 Å². The standard InChI is InChI=1S/C27H40O3/c1-16-23-22(29-27(16)13-12-24(2,3)30-27)15-21-19-7-6-17-14-18(28)8-10-25(17,4)20(19)9-11-26(21,23)5/h8,10,16-17,19-23H,6-7,9,11-15H2,1-5H3/t16-,17?,19+,20-,21-,22-,23-,25-,26-,27?/m0/s1. The molecule has 2 aliphatic heterocycles. The lowest BCUT2D eigenvalue weighted by Crippen LogP contribution is -2.53. The highest BCUT2D eigenvalue weighted by molar-refractivity contribution is 5.91. The molecule has 5 fully saturated rings. The van der Waals surface area contributed by atoms with E-state index in [0.29, 0.717) is 35.1 Å². The molecule has 3 saturated carbocycles. The van der Waals surface area contributed by atoms with Gasteiger partial charge >= 0.3 is 0 Å². The minimum atomic E-state index is -0.334. The molecule has 30 heavy (non-hydrogen) atoms. The molecule has 4 aliphatic carbocycles. The highest BCUT2D eigenvalue weighted by Gasteiger charge is 2.70. The van der Waals surface area contributed by atoms with Crippen LogP contribution in [-0.2, 0) is 14.3 Å². The SMILES string of the molecule is C[C@H]1[C@H]2[C@H](C[C@H]3[C@@H]4CCC5CC(=O)C=C[C@]5(C)[C@H]4CC[C@]23C)OC12CCC(C)(C)O2. The summed E-state index contributed by atoms with van der Waals surface area (Å²) in [7, 11) is 0. The van der Waals surface area contributed by atoms with Crippen molar-refractivity contribution in [2.75, 3.05) is 0 Å². The second-order valence-electron chi connectivity index (χ2n) is 12.9. The van der Waals surface area contributed by atoms with Crippen LogP contribution in [0.25, 0.3) is 0 Å². The average molecular weight is 413 g/mol. The molecule has 2 unspecified atom stereocenters. The van der Waals surface area contributed by atoms with Gasteiger partial charge in [0.25, 0.3) is 0 Å². The second kappa shape index (κ2) is 6.01. The predicted octanol–water partition coefficient (Wildman–Crippen LogP) is 5.92. The summed E-state index contributed by atoms with van der Waals surface area (Å²) in [6.07, 6.45) is 13.9. The van der Waals surface area contributed by atoms with Crippen LogP contribution >= 0.6 is 0 Å². The molecule has 3 heteroatoms. The third-order valence-corrected chi connectivity index (χ3v) is 11.2. The number of fused-ring (bicyclic) bond motifs is 7. The molecule has 0 aromatic rings. The van der Waals surface area contributed by atoms with Gasteiger partial charge in [-0.2, -0.15) is 0 Å². The quantitative estimate of drug-likeness (QED) is 0.495. The van der Waals surface area contributed by atoms with E-state index in [2.05, 4.69) is 40.7 Å². The van der Waals surface area contributed by atoms with Gasteiger partial charge in [0, 0.05) is 18.8 Å². The summed E-state index contributed by atoms with van der Waals surface area (Å²) in [4.78, 5) is 12.1. The van der Waals surface area contributed by atoms with Gasteiger partial charge in [-0.15, -0.1) is 0 Å². The minimum Gasteiger partial charge on any atom is -0.346 e. The molecule has 0 aromatic heterocycles. The number of rotatable bonds is 0. The molecule has 6 aliphatic rings. The molecule has 3 nitrogen and oxygen atoms in total. The Morgan fingerprint density at radius 3 is 2.53 bits per heavy atom. The summed E-state index contributed by atoms with van der Waals surface area (Å²) >= 11 is 0. The monoisotopic (exact) mass is 412 g/mol. The Labute approximate surface area is 182 Å². The van der Waals surface area contributed by atoms with E-state index in [1.165, 1.54) is 32.1 Å². The van der Waals surface area contributed by atoms with Crippen molar-refractivity contribution >= 4 is 5.78 Å². The Morgan fingerprint density at radius 2 is 1.80 bits per heavy atom. The van der Waals surface area contributed by atoms with Crippen molar-refractivity contribution in [1.82, 2.24) is 0 Å². The molecule has 0 N–H and O–H groups in total. The van der Waals surface area contributed by atoms with Gasteiger partial charge < -0.3 is 9.47 Å². The molecule has 10 atom stereocenters. The molecule has 166 valence electrons. The van der Waals surface area contributed by atoms with Gasteiger partial charge in [-0.3, -0.25) is 4.79 Å². The molecule has 6 rings (SSSR count). The molecule has 1 spiro atoms. The molecule has 0 radical (unpaired) electrons. The molecular weight excluding hydrogens is 372 g/mol. The van der Waals surface area contributed by atoms with Crippen LogP contribution in [0.3, 0.4) is 0 Å². The number of ketones is 1. The summed E-state index contributed by atoms with van der Waals surface area (Å²) < 4.78 is 13.5. The van der Waals surface area contributed by atoms with Crippen molar-refractivity contribution in [3.05, 3.63) is 12.2 Å². The van der Waals surface area contributed by atoms with Gasteiger partial charge in [-0.1, -0.05) is 26.8 Å². The Morgan fingerprint density at radius 1 is 1.00 bits per heavy atom. The second-order valence-corrected chi connectivity index (χ2v) is 12.9. The topological polar surface area (TPSA) is 35.5 Å². The number of ether oxygens (including phenoxy) is 2. The first-order chi connectivity index (χ1) is 14.1. The molecule has 0 amide bonds. The number of carbonyl (C=O) groups excluding carboxylic acids is 1. The Bertz CT molecular complexity index is 800. The molecule has 2 heterocycles. The summed E-state index contributed by atoms with van der Waals surface area (Å²) in [5.74, 6) is 3.99. The molecule has 2 saturated heterocycles. The third-order valence-electron chi connectivity index (χ3n) is 11.2. The number of hydrogen-bond acceptors (Lipinski definition) is 3. The number of carbonyl (C=O) groups is 1. The third kappa shape index (κ3) is 2.43. The van der Waals surface area contributed by atoms with Gasteiger partial charge in [0.2, 0.25) is 0 Å². The van der Waals surface area contributed by atoms with Crippen LogP contribution in [0.2, 0.25) is 0 Å². The van der Waals surface area contributed by atoms with Gasteiger partial charge in [0.15, 0.2) is 11.6 Å². The summed E-state index contributed by atoms with van der Waals surface area (Å²) in [6.45, 7) is 12.0. The van der Waals surface area contributed by atoms with Crippen LogP contribution in [0.5, 0.6) is 0 Å². The van der Waals surface area contributed by atoms with Crippen molar-refractivity contribution < 1.29 is 14.3 Å². The van der Waals surface area contributed by atoms with Crippen molar-refractivity contribution in [3.63, 3.8) is 0 Å². The van der Waals surface area contributed by atoms with E-state index in [1.807, 2.05) is 6.08 Å². The fourth-order valence-electron chi connectivity index (χ4n) is 9.76. The first-order valence-corrected chi connectivity index (χ1v) is 12.7. The van der Waals surface area contributed by atoms with Gasteiger partial charge in [0.05, 0.1) is 11.7 Å². The Hall–Kier alpha value is -0.670. The molecule has 0 aromatic carbocycles. The van der Waals surface area contributed by atoms with Crippen molar-refractivity contribution in [2.24, 2.45) is 46.3 Å². The summed E-state index contributed by atoms with van der Waals surface area (Å²) in [5.41, 5.74) is 0.549. The van der Waals surface area contributed by atoms with Crippen LogP contribution in [-0.4, -0.2) is 23.3 Å². The predicted molar refractivity (Wildman–Crippen MR) is 117 cm³/mol. The van der Waals surface area contributed by atoms with Crippen LogP contribution in [0.4, 0.5) is 0 Å². The van der Waals surface area contributed by atoms with Crippen LogP contribution in [0.1, 0.15) is 86.0 Å². The Balaban J connectivity index is 1.30. The lowest BCUT2D eigenvalue weighted by atomic mass is 9.45. The van der Waals surface area contributed by atoms with E-state index >= 15 is 0 Å². The van der Waals surface area contributed by atoms with Gasteiger partial charge in [-0.05, 0) is 98.9 Å². The first-order valence-electron chi connectivity index (χ1n) is 12.7. The molecular formula is C27H40O3. The van der Waals surface area contributed by atoms with Crippen LogP contribution in [0.15, 0.2) is 12.2 Å². The lowest BCUT2D eigenvalue weighted by Gasteiger charge is -2.59. The van der Waals surface area contributed by atoms with E-state index in [4.69, 9.17) is 9.47 Å². The normalized spacial score (nSPS) is 58.4. The fourth-order valence-corrected chi connectivity index (χ4v) is 9.76. The zero-order valence-corrected chi connectivity index (χ0v) is 19.6. The van der Waals surface area contributed by atoms with E-state index in [-0.39, 0.29) is 16.8 Å². The van der Waals surface area contributed by atoms with Crippen molar-refractivity contribution in [2.45, 2.75) is 103 Å². The van der Waals surface area contributed by atoms with E-state index in [9.17, 15) is 4.79 Å². The van der Waals surface area contributed by atoms with Crippen LogP contribution < -0.4 is 0 Å². The van der Waals surface area contributed by atoms with E-state index in [0.717, 1.165) is 37.0 Å². The first kappa shape index (κ1) is 20.0. The highest BCUT2D eigenvalue weighted by atomic mass is 16.7. The largest absolute Gasteiger partial charge is 0.346 e. The Kier molecular flexibility index (Phi) is 4.00. The zero-order valence-electron chi connectivity index (χ0n) is 19.6. The van der Waals surface area contributed by atoms with Gasteiger partial charge in [0.1, 0.15) is 0 Å². The smallest absolute Gasteiger partial charge is 0.172 e. The summed E-state index contributed by atoms with van der Waals surface area (Å²) in [5, 5.41) is 0. The maximum Gasteiger partial charge on any atom is 0.172 e. The maximum absolute atomic E-state index is 12.1. The van der Waals surface area contributed by atoms with E-state index < -0.39 is 0 Å². The minimum absolute atomic E-state index is 0.0530. The van der Waals surface area contributed by atoms with Crippen molar-refractivity contribution in [1.29, 1.82) is 0 Å². The summed E-state index contributed by atoms with van der Waals surface area (Å²) in [6, 6.07) is 0. The van der Waals surface area contributed by atoms with Crippen molar-refractivity contribution in [3.8, 4) is 0 Å². The van der Waals surface area contributed by atoms with E-state index in [1.54, 1.807) is 0 Å². The number of hydrogen-bond donors (Lipinski definition) is 0. The number of allylic oxidation sites excluding steroid dienone is 2. The lowest BCUT2D eigenvalue weighted by molar-refractivity contribution is -0.254. The average Bonchev–Trinajstić information content (AvgIpc) is 3.25. The molecule has 0 bridgehead atoms. The maximum atomic E-state index is 12.1. The fraction of sp³-hybridized carbons (Fsp3) is 0.889. The highest BCUT2D eigenvalue weighted by Crippen LogP contribution is 2.71. The van der Waals surface area contributed by atoms with Gasteiger partial charge in [-0.25, -0.2) is 0 Å².